The van der Waals surface area contributed by atoms with E-state index in [1.54, 1.807) is 0 Å². The molecule has 6 nitrogen and oxygen atoms in total. The molecule has 0 N–H and O–H groups in total. The monoisotopic (exact) mass is 307 g/mol. The van der Waals surface area contributed by atoms with Crippen LogP contribution in [0.5, 0.6) is 0 Å². The molecular weight excluding hydrogens is 294 g/mol. The molecule has 1 aromatic heterocycles. The Kier molecular flexibility index (Phi) is 4.37. The van der Waals surface area contributed by atoms with E-state index in [9.17, 15) is 14.9 Å². The Balaban J connectivity index is 2.57. The number of carbonyl (C=O) groups is 1. The van der Waals surface area contributed by atoms with Gasteiger partial charge in [-0.1, -0.05) is 44.2 Å². The van der Waals surface area contributed by atoms with Crippen molar-refractivity contribution in [1.29, 1.82) is 0 Å². The van der Waals surface area contributed by atoms with Gasteiger partial charge >= 0.3 is 5.69 Å². The van der Waals surface area contributed by atoms with Crippen LogP contribution in [0.2, 0.25) is 0 Å². The normalized spacial score (nSPS) is 10.9. The van der Waals surface area contributed by atoms with Gasteiger partial charge in [0.15, 0.2) is 0 Å². The van der Waals surface area contributed by atoms with Gasteiger partial charge in [0.25, 0.3) is 5.24 Å². The minimum Gasteiger partial charge on any atom is -0.273 e. The van der Waals surface area contributed by atoms with Crippen molar-refractivity contribution in [3.8, 4) is 0 Å². The highest BCUT2D eigenvalue weighted by Gasteiger charge is 2.32. The maximum Gasteiger partial charge on any atom is 0.322 e. The Hall–Kier alpha value is -2.21. The standard InChI is InChI=1S/C14H14ClN3O3/c1-9(2)12-13(18(20)21)11(14(15)19)16-17(12)8-10-6-4-3-5-7-10/h3-7,9H,8H2,1-2H3. The first-order valence-corrected chi connectivity index (χ1v) is 6.78. The Morgan fingerprint density at radius 1 is 1.38 bits per heavy atom. The highest BCUT2D eigenvalue weighted by atomic mass is 35.5. The van der Waals surface area contributed by atoms with Crippen molar-refractivity contribution in [3.05, 3.63) is 57.4 Å². The van der Waals surface area contributed by atoms with Crippen LogP contribution in [0, 0.1) is 10.1 Å². The first kappa shape index (κ1) is 15.2. The van der Waals surface area contributed by atoms with E-state index in [0.29, 0.717) is 12.2 Å². The lowest BCUT2D eigenvalue weighted by atomic mass is 10.1. The first-order chi connectivity index (χ1) is 9.91. The third-order valence-corrected chi connectivity index (χ3v) is 3.24. The summed E-state index contributed by atoms with van der Waals surface area (Å²) in [4.78, 5) is 22.1. The van der Waals surface area contributed by atoms with Gasteiger partial charge < -0.3 is 0 Å². The summed E-state index contributed by atoms with van der Waals surface area (Å²) in [6.07, 6.45) is 0. The summed E-state index contributed by atoms with van der Waals surface area (Å²) < 4.78 is 1.48. The minimum absolute atomic E-state index is 0.161. The van der Waals surface area contributed by atoms with Gasteiger partial charge in [0.1, 0.15) is 5.69 Å². The fourth-order valence-corrected chi connectivity index (χ4v) is 2.35. The fourth-order valence-electron chi connectivity index (χ4n) is 2.23. The van der Waals surface area contributed by atoms with Crippen LogP contribution < -0.4 is 0 Å². The van der Waals surface area contributed by atoms with E-state index in [1.807, 2.05) is 44.2 Å². The molecule has 0 saturated carbocycles. The SMILES string of the molecule is CC(C)c1c([N+](=O)[O-])c(C(=O)Cl)nn1Cc1ccccc1. The topological polar surface area (TPSA) is 78.0 Å². The Morgan fingerprint density at radius 3 is 2.48 bits per heavy atom. The highest BCUT2D eigenvalue weighted by Crippen LogP contribution is 2.31. The van der Waals surface area contributed by atoms with Crippen LogP contribution in [-0.2, 0) is 6.54 Å². The van der Waals surface area contributed by atoms with E-state index in [0.717, 1.165) is 5.56 Å². The molecule has 0 spiro atoms. The van der Waals surface area contributed by atoms with Gasteiger partial charge in [-0.25, -0.2) is 0 Å². The zero-order valence-electron chi connectivity index (χ0n) is 11.6. The fraction of sp³-hybridized carbons (Fsp3) is 0.286. The number of hydrogen-bond donors (Lipinski definition) is 0. The zero-order chi connectivity index (χ0) is 15.6. The summed E-state index contributed by atoms with van der Waals surface area (Å²) >= 11 is 5.43. The quantitative estimate of drug-likeness (QED) is 0.482. The van der Waals surface area contributed by atoms with Crippen LogP contribution in [0.4, 0.5) is 5.69 Å². The number of aromatic nitrogens is 2. The van der Waals surface area contributed by atoms with Gasteiger partial charge in [-0.15, -0.1) is 0 Å². The average Bonchev–Trinajstić information content (AvgIpc) is 2.79. The van der Waals surface area contributed by atoms with E-state index in [4.69, 9.17) is 11.6 Å². The maximum atomic E-state index is 11.4. The molecular formula is C14H14ClN3O3. The lowest BCUT2D eigenvalue weighted by Crippen LogP contribution is -2.08. The van der Waals surface area contributed by atoms with Crippen LogP contribution in [0.1, 0.15) is 41.5 Å². The smallest absolute Gasteiger partial charge is 0.273 e. The minimum atomic E-state index is -0.921. The number of halogens is 1. The van der Waals surface area contributed by atoms with Crippen LogP contribution in [0.15, 0.2) is 30.3 Å². The number of nitrogens with zero attached hydrogens (tertiary/aromatic N) is 3. The van der Waals surface area contributed by atoms with Crippen molar-refractivity contribution in [2.24, 2.45) is 0 Å². The third-order valence-electron chi connectivity index (χ3n) is 3.06. The molecule has 0 radical (unpaired) electrons. The number of benzene rings is 1. The molecule has 0 atom stereocenters. The molecule has 21 heavy (non-hydrogen) atoms. The Labute approximate surface area is 126 Å². The van der Waals surface area contributed by atoms with Crippen molar-refractivity contribution in [2.45, 2.75) is 26.3 Å². The van der Waals surface area contributed by atoms with Crippen molar-refractivity contribution >= 4 is 22.5 Å². The van der Waals surface area contributed by atoms with Gasteiger partial charge in [-0.05, 0) is 17.2 Å². The molecule has 0 aliphatic carbocycles. The summed E-state index contributed by atoms with van der Waals surface area (Å²) in [6.45, 7) is 3.97. The van der Waals surface area contributed by atoms with E-state index in [-0.39, 0.29) is 17.3 Å². The number of nitro groups is 1. The second kappa shape index (κ2) is 6.05. The van der Waals surface area contributed by atoms with E-state index in [2.05, 4.69) is 5.10 Å². The van der Waals surface area contributed by atoms with Crippen molar-refractivity contribution in [1.82, 2.24) is 9.78 Å². The number of rotatable bonds is 5. The molecule has 0 unspecified atom stereocenters. The van der Waals surface area contributed by atoms with Gasteiger partial charge in [0.05, 0.1) is 11.5 Å². The van der Waals surface area contributed by atoms with Crippen LogP contribution in [-0.4, -0.2) is 19.9 Å². The molecule has 7 heteroatoms. The predicted molar refractivity (Wildman–Crippen MR) is 78.7 cm³/mol. The molecule has 0 bridgehead atoms. The molecule has 0 amide bonds. The van der Waals surface area contributed by atoms with Crippen LogP contribution >= 0.6 is 11.6 Å². The summed E-state index contributed by atoms with van der Waals surface area (Å²) in [6, 6.07) is 9.40. The Bertz CT molecular complexity index is 680. The molecule has 0 fully saturated rings. The van der Waals surface area contributed by atoms with E-state index < -0.39 is 10.2 Å². The van der Waals surface area contributed by atoms with Crippen molar-refractivity contribution in [3.63, 3.8) is 0 Å². The third kappa shape index (κ3) is 3.11. The van der Waals surface area contributed by atoms with Gasteiger partial charge in [-0.3, -0.25) is 19.6 Å². The molecule has 0 aliphatic rings. The predicted octanol–water partition coefficient (Wildman–Crippen LogP) is 3.34. The summed E-state index contributed by atoms with van der Waals surface area (Å²) in [7, 11) is 0. The average molecular weight is 308 g/mol. The molecule has 2 rings (SSSR count). The van der Waals surface area contributed by atoms with E-state index in [1.165, 1.54) is 4.68 Å². The van der Waals surface area contributed by atoms with E-state index >= 15 is 0 Å². The van der Waals surface area contributed by atoms with Gasteiger partial charge in [0.2, 0.25) is 5.69 Å². The molecule has 110 valence electrons. The van der Waals surface area contributed by atoms with Crippen LogP contribution in [0.25, 0.3) is 0 Å². The molecule has 0 aliphatic heterocycles. The molecule has 0 saturated heterocycles. The lowest BCUT2D eigenvalue weighted by Gasteiger charge is -2.09. The lowest BCUT2D eigenvalue weighted by molar-refractivity contribution is -0.386. The molecule has 1 aromatic carbocycles. The summed E-state index contributed by atoms with van der Waals surface area (Å²) in [5, 5.41) is 14.4. The Morgan fingerprint density at radius 2 is 2.00 bits per heavy atom. The highest BCUT2D eigenvalue weighted by molar-refractivity contribution is 6.67. The molecule has 2 aromatic rings. The summed E-state index contributed by atoms with van der Waals surface area (Å²) in [5.41, 5.74) is 0.723. The van der Waals surface area contributed by atoms with Crippen LogP contribution in [0.3, 0.4) is 0 Å². The molecule has 1 heterocycles. The second-order valence-electron chi connectivity index (χ2n) is 4.91. The first-order valence-electron chi connectivity index (χ1n) is 6.40. The second-order valence-corrected chi connectivity index (χ2v) is 5.25. The largest absolute Gasteiger partial charge is 0.322 e. The zero-order valence-corrected chi connectivity index (χ0v) is 12.4. The van der Waals surface area contributed by atoms with Crippen molar-refractivity contribution < 1.29 is 9.72 Å². The summed E-state index contributed by atoms with van der Waals surface area (Å²) in [5.74, 6) is -0.161. The van der Waals surface area contributed by atoms with Gasteiger partial charge in [-0.2, -0.15) is 5.10 Å². The number of carbonyl (C=O) groups excluding carboxylic acids is 1. The maximum absolute atomic E-state index is 11.4. The van der Waals surface area contributed by atoms with Gasteiger partial charge in [0, 0.05) is 5.92 Å². The number of hydrogen-bond acceptors (Lipinski definition) is 4. The van der Waals surface area contributed by atoms with Crippen molar-refractivity contribution in [2.75, 3.05) is 0 Å².